The summed E-state index contributed by atoms with van der Waals surface area (Å²) in [4.78, 5) is 29.6. The highest BCUT2D eigenvalue weighted by molar-refractivity contribution is 5.84. The molecule has 1 N–H and O–H groups in total. The van der Waals surface area contributed by atoms with Gasteiger partial charge in [0.05, 0.1) is 13.2 Å². The van der Waals surface area contributed by atoms with E-state index in [4.69, 9.17) is 4.74 Å². The zero-order valence-electron chi connectivity index (χ0n) is 18.8. The summed E-state index contributed by atoms with van der Waals surface area (Å²) in [7, 11) is 1.64. The normalized spacial score (nSPS) is 15.3. The van der Waals surface area contributed by atoms with Crippen LogP contribution < -0.4 is 10.1 Å². The highest BCUT2D eigenvalue weighted by Gasteiger charge is 2.33. The first-order chi connectivity index (χ1) is 15.1. The van der Waals surface area contributed by atoms with Gasteiger partial charge in [0.1, 0.15) is 12.3 Å². The predicted molar refractivity (Wildman–Crippen MR) is 121 cm³/mol. The van der Waals surface area contributed by atoms with Gasteiger partial charge in [-0.1, -0.05) is 32.4 Å². The van der Waals surface area contributed by atoms with Crippen molar-refractivity contribution in [2.75, 3.05) is 33.3 Å². The van der Waals surface area contributed by atoms with Gasteiger partial charge < -0.3 is 24.4 Å². The molecule has 0 saturated heterocycles. The Kier molecular flexibility index (Phi) is 7.98. The van der Waals surface area contributed by atoms with Gasteiger partial charge in [-0.25, -0.2) is 4.79 Å². The predicted octanol–water partition coefficient (Wildman–Crippen LogP) is 3.65. The SMILES string of the molecule is CCCCNC(=O)N(CCC)CC(=O)N1CCn2cccc2C1c1cccc(OC)c1. The van der Waals surface area contributed by atoms with Crippen molar-refractivity contribution < 1.29 is 14.3 Å². The van der Waals surface area contributed by atoms with Crippen molar-refractivity contribution in [3.05, 3.63) is 53.9 Å². The molecule has 3 rings (SSSR count). The van der Waals surface area contributed by atoms with E-state index >= 15 is 0 Å². The Morgan fingerprint density at radius 1 is 1.16 bits per heavy atom. The molecule has 0 bridgehead atoms. The van der Waals surface area contributed by atoms with Gasteiger partial charge in [0, 0.05) is 38.1 Å². The molecular formula is C24H34N4O3. The lowest BCUT2D eigenvalue weighted by Gasteiger charge is -2.38. The zero-order valence-corrected chi connectivity index (χ0v) is 18.8. The van der Waals surface area contributed by atoms with E-state index in [1.54, 1.807) is 12.0 Å². The minimum Gasteiger partial charge on any atom is -0.497 e. The van der Waals surface area contributed by atoms with Crippen LogP contribution in [-0.2, 0) is 11.3 Å². The Morgan fingerprint density at radius 2 is 2.00 bits per heavy atom. The van der Waals surface area contributed by atoms with Crippen molar-refractivity contribution in [3.8, 4) is 5.75 Å². The summed E-state index contributed by atoms with van der Waals surface area (Å²) in [6.07, 6.45) is 4.80. The number of hydrogen-bond donors (Lipinski definition) is 1. The maximum absolute atomic E-state index is 13.5. The largest absolute Gasteiger partial charge is 0.497 e. The second kappa shape index (κ2) is 10.9. The number of methoxy groups -OCH3 is 1. The summed E-state index contributed by atoms with van der Waals surface area (Å²) < 4.78 is 7.60. The molecule has 1 aromatic heterocycles. The first kappa shape index (κ1) is 22.7. The Morgan fingerprint density at radius 3 is 2.74 bits per heavy atom. The summed E-state index contributed by atoms with van der Waals surface area (Å²) in [5.74, 6) is 0.718. The highest BCUT2D eigenvalue weighted by Crippen LogP contribution is 2.34. The van der Waals surface area contributed by atoms with E-state index in [1.807, 2.05) is 42.2 Å². The Labute approximate surface area is 185 Å². The molecule has 31 heavy (non-hydrogen) atoms. The second-order valence-electron chi connectivity index (χ2n) is 7.90. The minimum atomic E-state index is -0.210. The molecule has 0 spiro atoms. The molecule has 1 aliphatic rings. The molecule has 1 atom stereocenters. The van der Waals surface area contributed by atoms with Crippen LogP contribution in [0.5, 0.6) is 5.75 Å². The van der Waals surface area contributed by atoms with E-state index in [1.165, 1.54) is 0 Å². The molecule has 0 radical (unpaired) electrons. The van der Waals surface area contributed by atoms with Crippen molar-refractivity contribution in [1.82, 2.24) is 19.7 Å². The lowest BCUT2D eigenvalue weighted by Crippen LogP contribution is -2.50. The van der Waals surface area contributed by atoms with Crippen LogP contribution in [0.2, 0.25) is 0 Å². The van der Waals surface area contributed by atoms with Crippen LogP contribution in [0.1, 0.15) is 50.4 Å². The number of aromatic nitrogens is 1. The van der Waals surface area contributed by atoms with Gasteiger partial charge in [-0.2, -0.15) is 0 Å². The number of unbranched alkanes of at least 4 members (excludes halogenated alkanes) is 1. The lowest BCUT2D eigenvalue weighted by molar-refractivity contribution is -0.134. The van der Waals surface area contributed by atoms with Crippen LogP contribution in [0.4, 0.5) is 4.79 Å². The topological polar surface area (TPSA) is 66.8 Å². The Bertz CT molecular complexity index is 879. The van der Waals surface area contributed by atoms with Crippen LogP contribution in [0.15, 0.2) is 42.6 Å². The molecule has 1 unspecified atom stereocenters. The van der Waals surface area contributed by atoms with Gasteiger partial charge in [0.2, 0.25) is 5.91 Å². The van der Waals surface area contributed by atoms with Crippen LogP contribution in [0, 0.1) is 0 Å². The van der Waals surface area contributed by atoms with Crippen molar-refractivity contribution in [3.63, 3.8) is 0 Å². The summed E-state index contributed by atoms with van der Waals surface area (Å²) in [5.41, 5.74) is 2.07. The number of urea groups is 1. The molecule has 0 fully saturated rings. The fraction of sp³-hybridized carbons (Fsp3) is 0.500. The lowest BCUT2D eigenvalue weighted by atomic mass is 9.99. The number of nitrogens with one attached hydrogen (secondary N) is 1. The summed E-state index contributed by atoms with van der Waals surface area (Å²) in [6.45, 7) is 6.71. The van der Waals surface area contributed by atoms with E-state index in [9.17, 15) is 9.59 Å². The van der Waals surface area contributed by atoms with E-state index in [-0.39, 0.29) is 24.5 Å². The Balaban J connectivity index is 1.82. The fourth-order valence-corrected chi connectivity index (χ4v) is 4.07. The third-order valence-corrected chi connectivity index (χ3v) is 5.68. The highest BCUT2D eigenvalue weighted by atomic mass is 16.5. The average molecular weight is 427 g/mol. The second-order valence-corrected chi connectivity index (χ2v) is 7.90. The van der Waals surface area contributed by atoms with Crippen LogP contribution in [0.25, 0.3) is 0 Å². The molecule has 1 aromatic carbocycles. The number of carbonyl (C=O) groups is 2. The summed E-state index contributed by atoms with van der Waals surface area (Å²) in [5, 5.41) is 2.94. The molecule has 2 aromatic rings. The van der Waals surface area contributed by atoms with Crippen LogP contribution in [0.3, 0.4) is 0 Å². The number of benzene rings is 1. The fourth-order valence-electron chi connectivity index (χ4n) is 4.07. The Hall–Kier alpha value is -2.96. The molecule has 0 aliphatic carbocycles. The van der Waals surface area contributed by atoms with Crippen molar-refractivity contribution >= 4 is 11.9 Å². The molecule has 2 heterocycles. The van der Waals surface area contributed by atoms with Gasteiger partial charge in [-0.05, 0) is 42.7 Å². The first-order valence-corrected chi connectivity index (χ1v) is 11.2. The standard InChI is InChI=1S/C24H34N4O3/c1-4-6-12-25-24(30)27(13-5-2)18-22(29)28-16-15-26-14-8-11-21(26)23(28)19-9-7-10-20(17-19)31-3/h7-11,14,17,23H,4-6,12-13,15-16,18H2,1-3H3,(H,25,30). The van der Waals surface area contributed by atoms with Gasteiger partial charge in [-0.3, -0.25) is 4.79 Å². The number of ether oxygens (including phenoxy) is 1. The number of amides is 3. The van der Waals surface area contributed by atoms with E-state index < -0.39 is 0 Å². The first-order valence-electron chi connectivity index (χ1n) is 11.2. The third kappa shape index (κ3) is 5.40. The quantitative estimate of drug-likeness (QED) is 0.623. The molecule has 0 saturated carbocycles. The molecule has 7 nitrogen and oxygen atoms in total. The molecule has 1 aliphatic heterocycles. The van der Waals surface area contributed by atoms with Crippen LogP contribution >= 0.6 is 0 Å². The van der Waals surface area contributed by atoms with Gasteiger partial charge in [0.25, 0.3) is 0 Å². The van der Waals surface area contributed by atoms with E-state index in [0.717, 1.165) is 42.8 Å². The van der Waals surface area contributed by atoms with Crippen molar-refractivity contribution in [2.45, 2.75) is 45.7 Å². The summed E-state index contributed by atoms with van der Waals surface area (Å²) >= 11 is 0. The maximum Gasteiger partial charge on any atom is 0.317 e. The van der Waals surface area contributed by atoms with Crippen LogP contribution in [-0.4, -0.2) is 59.6 Å². The van der Waals surface area contributed by atoms with Crippen molar-refractivity contribution in [2.24, 2.45) is 0 Å². The summed E-state index contributed by atoms with van der Waals surface area (Å²) in [6, 6.07) is 11.6. The number of nitrogens with zero attached hydrogens (tertiary/aromatic N) is 3. The average Bonchev–Trinajstić information content (AvgIpc) is 3.27. The van der Waals surface area contributed by atoms with Crippen molar-refractivity contribution in [1.29, 1.82) is 0 Å². The molecule has 7 heteroatoms. The minimum absolute atomic E-state index is 0.0423. The van der Waals surface area contributed by atoms with Gasteiger partial charge in [-0.15, -0.1) is 0 Å². The number of rotatable bonds is 9. The monoisotopic (exact) mass is 426 g/mol. The maximum atomic E-state index is 13.5. The van der Waals surface area contributed by atoms with Gasteiger partial charge in [0.15, 0.2) is 0 Å². The zero-order chi connectivity index (χ0) is 22.2. The molecular weight excluding hydrogens is 392 g/mol. The smallest absolute Gasteiger partial charge is 0.317 e. The number of fused-ring (bicyclic) bond motifs is 1. The van der Waals surface area contributed by atoms with E-state index in [0.29, 0.717) is 19.6 Å². The van der Waals surface area contributed by atoms with E-state index in [2.05, 4.69) is 29.1 Å². The number of carbonyl (C=O) groups excluding carboxylic acids is 2. The molecule has 168 valence electrons. The third-order valence-electron chi connectivity index (χ3n) is 5.68. The number of hydrogen-bond acceptors (Lipinski definition) is 3. The van der Waals surface area contributed by atoms with Gasteiger partial charge >= 0.3 is 6.03 Å². The molecule has 3 amide bonds.